The van der Waals surface area contributed by atoms with Crippen molar-refractivity contribution in [2.24, 2.45) is 7.05 Å². The number of anilines is 1. The van der Waals surface area contributed by atoms with Crippen LogP contribution in [0.15, 0.2) is 84.0 Å². The van der Waals surface area contributed by atoms with Crippen molar-refractivity contribution < 1.29 is 4.79 Å². The van der Waals surface area contributed by atoms with E-state index < -0.39 is 11.9 Å². The van der Waals surface area contributed by atoms with Crippen molar-refractivity contribution in [2.45, 2.75) is 13.0 Å². The zero-order valence-electron chi connectivity index (χ0n) is 21.1. The molecule has 0 bridgehead atoms. The van der Waals surface area contributed by atoms with E-state index in [9.17, 15) is 9.59 Å². The molecular formula is C28H23N9O2. The molecule has 0 aliphatic carbocycles. The largest absolute Gasteiger partial charge is 0.381 e. The highest BCUT2D eigenvalue weighted by Crippen LogP contribution is 2.22. The number of hydrogen-bond donors (Lipinski definition) is 2. The van der Waals surface area contributed by atoms with Gasteiger partial charge >= 0.3 is 5.69 Å². The molecule has 3 N–H and O–H groups in total. The van der Waals surface area contributed by atoms with Gasteiger partial charge in [-0.15, -0.1) is 5.10 Å². The second-order valence-corrected chi connectivity index (χ2v) is 8.97. The summed E-state index contributed by atoms with van der Waals surface area (Å²) < 4.78 is 6.24. The topological polar surface area (TPSA) is 130 Å². The van der Waals surface area contributed by atoms with Crippen LogP contribution in [0.3, 0.4) is 0 Å². The molecule has 0 fully saturated rings. The van der Waals surface area contributed by atoms with Crippen LogP contribution in [0.1, 0.15) is 40.4 Å². The molecule has 0 aliphatic rings. The van der Waals surface area contributed by atoms with Crippen molar-refractivity contribution in [1.82, 2.24) is 38.7 Å². The lowest BCUT2D eigenvalue weighted by molar-refractivity contribution is 0.0941. The fourth-order valence-corrected chi connectivity index (χ4v) is 4.53. The van der Waals surface area contributed by atoms with Gasteiger partial charge in [-0.05, 0) is 61.2 Å². The number of amides is 1. The van der Waals surface area contributed by atoms with Crippen LogP contribution >= 0.6 is 0 Å². The van der Waals surface area contributed by atoms with E-state index in [4.69, 9.17) is 5.73 Å². The van der Waals surface area contributed by atoms with Crippen molar-refractivity contribution in [3.8, 4) is 17.5 Å². The van der Waals surface area contributed by atoms with Gasteiger partial charge in [0, 0.05) is 25.6 Å². The zero-order chi connectivity index (χ0) is 27.1. The van der Waals surface area contributed by atoms with Crippen LogP contribution in [0.2, 0.25) is 0 Å². The number of nitrogen functional groups attached to an aromatic ring is 1. The summed E-state index contributed by atoms with van der Waals surface area (Å²) in [4.78, 5) is 31.6. The van der Waals surface area contributed by atoms with E-state index in [1.165, 1.54) is 4.52 Å². The molecule has 1 unspecified atom stereocenters. The summed E-state index contributed by atoms with van der Waals surface area (Å²) in [6.45, 7) is 1.81. The van der Waals surface area contributed by atoms with Crippen LogP contribution in [-0.2, 0) is 7.05 Å². The predicted molar refractivity (Wildman–Crippen MR) is 145 cm³/mol. The molecule has 6 rings (SSSR count). The first-order valence-electron chi connectivity index (χ1n) is 12.1. The first kappa shape index (κ1) is 23.7. The molecule has 0 radical (unpaired) electrons. The van der Waals surface area contributed by atoms with E-state index in [-0.39, 0.29) is 17.1 Å². The van der Waals surface area contributed by atoms with Gasteiger partial charge in [0.15, 0.2) is 11.5 Å². The average Bonchev–Trinajstić information content (AvgIpc) is 3.63. The second kappa shape index (κ2) is 9.35. The number of para-hydroxylation sites is 1. The molecule has 0 saturated heterocycles. The fraction of sp³-hybridized carbons (Fsp3) is 0.107. The number of nitrogens with two attached hydrogens (primary N) is 1. The summed E-state index contributed by atoms with van der Waals surface area (Å²) in [5.74, 6) is 5.70. The number of aryl methyl sites for hydroxylation is 1. The normalized spacial score (nSPS) is 11.8. The molecule has 1 aromatic carbocycles. The maximum atomic E-state index is 14.0. The Morgan fingerprint density at radius 2 is 1.85 bits per heavy atom. The maximum absolute atomic E-state index is 14.0. The molecule has 39 heavy (non-hydrogen) atoms. The molecule has 0 spiro atoms. The van der Waals surface area contributed by atoms with Gasteiger partial charge < -0.3 is 11.1 Å². The molecule has 1 amide bonds. The molecular weight excluding hydrogens is 494 g/mol. The van der Waals surface area contributed by atoms with Gasteiger partial charge in [-0.2, -0.15) is 5.10 Å². The van der Waals surface area contributed by atoms with E-state index >= 15 is 0 Å². The van der Waals surface area contributed by atoms with Gasteiger partial charge in [0.2, 0.25) is 0 Å². The van der Waals surface area contributed by atoms with Crippen molar-refractivity contribution in [2.75, 3.05) is 5.73 Å². The monoisotopic (exact) mass is 517 g/mol. The third-order valence-electron chi connectivity index (χ3n) is 6.33. The minimum absolute atomic E-state index is 0.0667. The Morgan fingerprint density at radius 1 is 1.03 bits per heavy atom. The van der Waals surface area contributed by atoms with Gasteiger partial charge in [0.1, 0.15) is 17.0 Å². The van der Waals surface area contributed by atoms with Crippen LogP contribution in [0, 0.1) is 11.8 Å². The SMILES string of the molecule is CC(NC(=O)c1c(N)nn2cccnc12)c1cc2ccc(C#Cc3ccn(C)n3)n2c(=O)n1-c1ccccc1. The number of rotatable bonds is 4. The van der Waals surface area contributed by atoms with Crippen molar-refractivity contribution in [3.05, 3.63) is 112 Å². The first-order valence-corrected chi connectivity index (χ1v) is 12.1. The average molecular weight is 518 g/mol. The van der Waals surface area contributed by atoms with E-state index in [2.05, 4.69) is 32.3 Å². The molecule has 0 saturated carbocycles. The molecule has 11 heteroatoms. The van der Waals surface area contributed by atoms with Crippen molar-refractivity contribution in [3.63, 3.8) is 0 Å². The van der Waals surface area contributed by atoms with E-state index in [0.717, 1.165) is 0 Å². The minimum atomic E-state index is -0.577. The molecule has 5 aromatic heterocycles. The molecule has 0 aliphatic heterocycles. The Balaban J connectivity index is 1.45. The van der Waals surface area contributed by atoms with Crippen LogP contribution < -0.4 is 16.7 Å². The number of carbonyl (C=O) groups excluding carboxylic acids is 1. The summed E-state index contributed by atoms with van der Waals surface area (Å²) in [7, 11) is 1.82. The number of hydrogen-bond acceptors (Lipinski definition) is 6. The molecule has 11 nitrogen and oxygen atoms in total. The Kier molecular flexibility index (Phi) is 5.69. The van der Waals surface area contributed by atoms with E-state index in [1.54, 1.807) is 50.4 Å². The third kappa shape index (κ3) is 4.19. The van der Waals surface area contributed by atoms with Crippen LogP contribution in [0.25, 0.3) is 16.9 Å². The number of nitrogens with zero attached hydrogens (tertiary/aromatic N) is 7. The highest BCUT2D eigenvalue weighted by atomic mass is 16.2. The third-order valence-corrected chi connectivity index (χ3v) is 6.33. The lowest BCUT2D eigenvalue weighted by atomic mass is 10.1. The molecule has 192 valence electrons. The lowest BCUT2D eigenvalue weighted by Crippen LogP contribution is -2.34. The summed E-state index contributed by atoms with van der Waals surface area (Å²) >= 11 is 0. The predicted octanol–water partition coefficient (Wildman–Crippen LogP) is 2.34. The van der Waals surface area contributed by atoms with Crippen molar-refractivity contribution >= 4 is 22.9 Å². The van der Waals surface area contributed by atoms with E-state index in [0.29, 0.717) is 33.9 Å². The quantitative estimate of drug-likeness (QED) is 0.345. The van der Waals surface area contributed by atoms with Gasteiger partial charge in [0.05, 0.1) is 22.9 Å². The Bertz CT molecular complexity index is 1980. The molecule has 1 atom stereocenters. The van der Waals surface area contributed by atoms with Crippen molar-refractivity contribution in [1.29, 1.82) is 0 Å². The van der Waals surface area contributed by atoms with Gasteiger partial charge in [-0.3, -0.25) is 18.4 Å². The second-order valence-electron chi connectivity index (χ2n) is 8.97. The number of carbonyl (C=O) groups is 1. The van der Waals surface area contributed by atoms with E-state index in [1.807, 2.05) is 56.4 Å². The summed E-state index contributed by atoms with van der Waals surface area (Å²) in [5, 5.41) is 11.4. The highest BCUT2D eigenvalue weighted by molar-refractivity contribution is 6.04. The fourth-order valence-electron chi connectivity index (χ4n) is 4.53. The molecule has 6 aromatic rings. The van der Waals surface area contributed by atoms with Gasteiger partial charge in [0.25, 0.3) is 5.91 Å². The van der Waals surface area contributed by atoms with Crippen LogP contribution in [0.4, 0.5) is 5.82 Å². The smallest absolute Gasteiger partial charge is 0.338 e. The first-order chi connectivity index (χ1) is 18.9. The number of nitrogens with one attached hydrogen (secondary N) is 1. The van der Waals surface area contributed by atoms with Crippen LogP contribution in [0.5, 0.6) is 0 Å². The Morgan fingerprint density at radius 3 is 2.62 bits per heavy atom. The standard InChI is InChI=1S/C28H23N9O2/c1-18(31-27(38)24-25(29)33-35-15-6-14-30-26(24)35)23-17-22-12-11-21(10-9-19-13-16-34(2)32-19)36(22)28(39)37(23)20-7-4-3-5-8-20/h3-8,11-18H,1-2H3,(H2,29,33)(H,31,38). The van der Waals surface area contributed by atoms with Gasteiger partial charge in [-0.1, -0.05) is 18.2 Å². The summed E-state index contributed by atoms with van der Waals surface area (Å²) in [6.07, 6.45) is 5.04. The Hall–Kier alpha value is -5.63. The summed E-state index contributed by atoms with van der Waals surface area (Å²) in [6, 6.07) is 17.6. The number of fused-ring (bicyclic) bond motifs is 2. The zero-order valence-corrected chi connectivity index (χ0v) is 21.1. The minimum Gasteiger partial charge on any atom is -0.381 e. The lowest BCUT2D eigenvalue weighted by Gasteiger charge is -2.20. The van der Waals surface area contributed by atoms with Crippen LogP contribution in [-0.4, -0.2) is 39.3 Å². The highest BCUT2D eigenvalue weighted by Gasteiger charge is 2.24. The maximum Gasteiger partial charge on any atom is 0.338 e. The number of aromatic nitrogens is 7. The summed E-state index contributed by atoms with van der Waals surface area (Å²) in [5.41, 5.74) is 9.26. The number of benzene rings is 1. The Labute approximate surface area is 222 Å². The molecule has 5 heterocycles. The van der Waals surface area contributed by atoms with Gasteiger partial charge in [-0.25, -0.2) is 14.3 Å².